The lowest BCUT2D eigenvalue weighted by Crippen LogP contribution is -2.39. The van der Waals surface area contributed by atoms with Gasteiger partial charge >= 0.3 is 0 Å². The van der Waals surface area contributed by atoms with E-state index in [0.29, 0.717) is 29.6 Å². The highest BCUT2D eigenvalue weighted by atomic mass is 19.1. The van der Waals surface area contributed by atoms with Crippen molar-refractivity contribution in [2.75, 3.05) is 13.1 Å². The lowest BCUT2D eigenvalue weighted by Gasteiger charge is -2.26. The second-order valence-electron chi connectivity index (χ2n) is 7.44. The van der Waals surface area contributed by atoms with E-state index in [1.54, 1.807) is 15.4 Å². The lowest BCUT2D eigenvalue weighted by atomic mass is 10.1. The number of nitrogens with one attached hydrogen (secondary N) is 1. The van der Waals surface area contributed by atoms with Crippen LogP contribution in [0.25, 0.3) is 27.8 Å². The van der Waals surface area contributed by atoms with Crippen LogP contribution in [0.5, 0.6) is 0 Å². The predicted molar refractivity (Wildman–Crippen MR) is 103 cm³/mol. The third-order valence-corrected chi connectivity index (χ3v) is 5.32. The second-order valence-corrected chi connectivity index (χ2v) is 7.44. The molecule has 1 saturated heterocycles. The molecule has 0 saturated carbocycles. The first-order valence-electron chi connectivity index (χ1n) is 9.37. The lowest BCUT2D eigenvalue weighted by molar-refractivity contribution is 0.174. The molecule has 6 nitrogen and oxygen atoms in total. The summed E-state index contributed by atoms with van der Waals surface area (Å²) in [5, 5.41) is 12.6. The van der Waals surface area contributed by atoms with Gasteiger partial charge in [-0.15, -0.1) is 0 Å². The van der Waals surface area contributed by atoms with E-state index in [-0.39, 0.29) is 11.6 Å². The monoisotopic (exact) mass is 382 g/mol. The summed E-state index contributed by atoms with van der Waals surface area (Å²) < 4.78 is 32.4. The van der Waals surface area contributed by atoms with Gasteiger partial charge in [-0.3, -0.25) is 4.68 Å². The quantitative estimate of drug-likeness (QED) is 0.577. The summed E-state index contributed by atoms with van der Waals surface area (Å²) in [7, 11) is 0. The first-order chi connectivity index (χ1) is 13.5. The molecule has 1 aliphatic heterocycles. The third kappa shape index (κ3) is 2.75. The number of nitrogens with zero attached hydrogens (tertiary/aromatic N) is 5. The Balaban J connectivity index is 1.61. The molecule has 0 bridgehead atoms. The van der Waals surface area contributed by atoms with Crippen LogP contribution in [0.2, 0.25) is 0 Å². The summed E-state index contributed by atoms with van der Waals surface area (Å²) in [6, 6.07) is 4.82. The molecule has 8 heteroatoms. The van der Waals surface area contributed by atoms with Gasteiger partial charge in [0.1, 0.15) is 11.7 Å². The van der Waals surface area contributed by atoms with Crippen molar-refractivity contribution in [3.8, 4) is 11.3 Å². The Labute approximate surface area is 160 Å². The predicted octanol–water partition coefficient (Wildman–Crippen LogP) is 3.37. The molecule has 3 aromatic heterocycles. The van der Waals surface area contributed by atoms with Crippen molar-refractivity contribution >= 4 is 16.6 Å². The maximum absolute atomic E-state index is 14.8. The molecule has 1 aromatic carbocycles. The van der Waals surface area contributed by atoms with E-state index in [0.717, 1.165) is 23.4 Å². The Morgan fingerprint density at radius 2 is 2.00 bits per heavy atom. The highest BCUT2D eigenvalue weighted by Crippen LogP contribution is 2.29. The van der Waals surface area contributed by atoms with Crippen molar-refractivity contribution in [3.63, 3.8) is 0 Å². The minimum absolute atomic E-state index is 0.255. The summed E-state index contributed by atoms with van der Waals surface area (Å²) in [5.41, 5.74) is 4.19. The van der Waals surface area contributed by atoms with Gasteiger partial charge in [0.2, 0.25) is 0 Å². The molecule has 0 unspecified atom stereocenters. The van der Waals surface area contributed by atoms with Crippen LogP contribution in [-0.4, -0.2) is 43.6 Å². The fourth-order valence-electron chi connectivity index (χ4n) is 3.92. The normalized spacial score (nSPS) is 20.3. The number of benzene rings is 1. The molecule has 4 aromatic rings. The summed E-state index contributed by atoms with van der Waals surface area (Å²) in [4.78, 5) is 4.45. The molecule has 0 aliphatic carbocycles. The topological polar surface area (TPSA) is 60.0 Å². The van der Waals surface area contributed by atoms with Gasteiger partial charge in [0.15, 0.2) is 11.5 Å². The van der Waals surface area contributed by atoms with Gasteiger partial charge in [-0.25, -0.2) is 18.3 Å². The smallest absolute Gasteiger partial charge is 0.156 e. The van der Waals surface area contributed by atoms with Crippen LogP contribution in [0.4, 0.5) is 8.78 Å². The molecule has 0 spiro atoms. The zero-order chi connectivity index (χ0) is 19.4. The molecule has 28 heavy (non-hydrogen) atoms. The number of alkyl halides is 1. The number of aryl methyl sites for hydroxylation is 2. The van der Waals surface area contributed by atoms with E-state index in [9.17, 15) is 8.78 Å². The Bertz CT molecular complexity index is 1190. The van der Waals surface area contributed by atoms with Crippen LogP contribution >= 0.6 is 0 Å². The van der Waals surface area contributed by atoms with Crippen molar-refractivity contribution in [1.82, 2.24) is 29.7 Å². The average Bonchev–Trinajstić information content (AvgIpc) is 3.25. The second kappa shape index (κ2) is 6.34. The molecule has 144 valence electrons. The Kier molecular flexibility index (Phi) is 3.90. The van der Waals surface area contributed by atoms with Gasteiger partial charge in [0.25, 0.3) is 0 Å². The molecular formula is C20H20F2N6. The molecule has 1 aliphatic rings. The molecule has 0 radical (unpaired) electrons. The molecule has 4 heterocycles. The number of fused-ring (bicyclic) bond motifs is 2. The van der Waals surface area contributed by atoms with Crippen molar-refractivity contribution in [3.05, 3.63) is 47.7 Å². The molecule has 2 atom stereocenters. The van der Waals surface area contributed by atoms with Crippen LogP contribution in [0.15, 0.2) is 30.6 Å². The molecule has 5 rings (SSSR count). The highest BCUT2D eigenvalue weighted by molar-refractivity contribution is 5.84. The number of imidazole rings is 1. The van der Waals surface area contributed by atoms with Crippen LogP contribution in [0, 0.1) is 19.7 Å². The van der Waals surface area contributed by atoms with Crippen molar-refractivity contribution in [2.45, 2.75) is 32.5 Å². The standard InChI is InChI=1S/C20H20F2N6/c1-11-5-17(25-28-9-12(2)24-20(11)28)13-6-14-10-27(26-19(14)15(21)7-13)18-3-4-23-8-16(18)22/h5-7,9-10,16,18,23H,3-4,8H2,1-2H3/t16-,18+/m0/s1. The maximum Gasteiger partial charge on any atom is 0.156 e. The first-order valence-corrected chi connectivity index (χ1v) is 9.37. The zero-order valence-corrected chi connectivity index (χ0v) is 15.7. The van der Waals surface area contributed by atoms with Crippen molar-refractivity contribution < 1.29 is 8.78 Å². The van der Waals surface area contributed by atoms with E-state index in [1.165, 1.54) is 6.07 Å². The van der Waals surface area contributed by atoms with Gasteiger partial charge in [-0.05, 0) is 50.6 Å². The van der Waals surface area contributed by atoms with Crippen LogP contribution in [-0.2, 0) is 0 Å². The number of hydrogen-bond acceptors (Lipinski definition) is 4. The van der Waals surface area contributed by atoms with Gasteiger partial charge in [-0.1, -0.05) is 0 Å². The fraction of sp³-hybridized carbons (Fsp3) is 0.350. The third-order valence-electron chi connectivity index (χ3n) is 5.32. The van der Waals surface area contributed by atoms with E-state index < -0.39 is 12.0 Å². The van der Waals surface area contributed by atoms with Gasteiger partial charge in [0, 0.05) is 23.7 Å². The van der Waals surface area contributed by atoms with Crippen LogP contribution in [0.1, 0.15) is 23.7 Å². The Morgan fingerprint density at radius 3 is 2.82 bits per heavy atom. The van der Waals surface area contributed by atoms with E-state index in [2.05, 4.69) is 20.5 Å². The molecular weight excluding hydrogens is 362 g/mol. The number of aromatic nitrogens is 5. The van der Waals surface area contributed by atoms with Crippen molar-refractivity contribution in [2.24, 2.45) is 0 Å². The molecule has 0 amide bonds. The van der Waals surface area contributed by atoms with E-state index in [4.69, 9.17) is 0 Å². The van der Waals surface area contributed by atoms with Crippen molar-refractivity contribution in [1.29, 1.82) is 0 Å². The maximum atomic E-state index is 14.8. The summed E-state index contributed by atoms with van der Waals surface area (Å²) >= 11 is 0. The Morgan fingerprint density at radius 1 is 1.14 bits per heavy atom. The summed E-state index contributed by atoms with van der Waals surface area (Å²) in [5.74, 6) is -0.433. The van der Waals surface area contributed by atoms with Gasteiger partial charge < -0.3 is 5.32 Å². The van der Waals surface area contributed by atoms with Crippen LogP contribution in [0.3, 0.4) is 0 Å². The number of hydrogen-bond donors (Lipinski definition) is 1. The minimum atomic E-state index is -1.04. The van der Waals surface area contributed by atoms with Crippen LogP contribution < -0.4 is 5.32 Å². The number of rotatable bonds is 2. The Hall–Kier alpha value is -2.87. The summed E-state index contributed by atoms with van der Waals surface area (Å²) in [6.45, 7) is 4.88. The first kappa shape index (κ1) is 17.2. The number of piperidine rings is 1. The average molecular weight is 382 g/mol. The molecule has 1 N–H and O–H groups in total. The van der Waals surface area contributed by atoms with Gasteiger partial charge in [-0.2, -0.15) is 10.2 Å². The summed E-state index contributed by atoms with van der Waals surface area (Å²) in [6.07, 6.45) is 3.16. The highest BCUT2D eigenvalue weighted by Gasteiger charge is 2.27. The van der Waals surface area contributed by atoms with Gasteiger partial charge in [0.05, 0.1) is 23.6 Å². The number of halogens is 2. The minimum Gasteiger partial charge on any atom is -0.314 e. The molecule has 1 fully saturated rings. The SMILES string of the molecule is Cc1cn2nc(-c3cc(F)c4nn([C@@H]5CCNC[C@@H]5F)cc4c3)cc(C)c2n1. The fourth-order valence-corrected chi connectivity index (χ4v) is 3.92. The largest absolute Gasteiger partial charge is 0.314 e. The van der Waals surface area contributed by atoms with E-state index in [1.807, 2.05) is 32.2 Å². The zero-order valence-electron chi connectivity index (χ0n) is 15.7. The van der Waals surface area contributed by atoms with E-state index >= 15 is 0 Å².